The molecule has 1 heterocycles. The zero-order valence-corrected chi connectivity index (χ0v) is 46.0. The summed E-state index contributed by atoms with van der Waals surface area (Å²) in [7, 11) is 0. The monoisotopic (exact) mass is 968 g/mol. The van der Waals surface area contributed by atoms with Gasteiger partial charge in [0, 0.05) is 22.4 Å². The summed E-state index contributed by atoms with van der Waals surface area (Å²) >= 11 is 0. The van der Waals surface area contributed by atoms with Gasteiger partial charge in [-0.25, -0.2) is 0 Å². The van der Waals surface area contributed by atoms with E-state index in [-0.39, 0.29) is 0 Å². The molecular formula is C73H77N. The normalized spacial score (nSPS) is 16.3. The van der Waals surface area contributed by atoms with Crippen LogP contribution in [0.15, 0.2) is 230 Å². The molecule has 4 aliphatic rings. The molecule has 0 amide bonds. The lowest BCUT2D eigenvalue weighted by Gasteiger charge is -2.22. The van der Waals surface area contributed by atoms with E-state index < -0.39 is 0 Å². The quantitative estimate of drug-likeness (QED) is 0.166. The molecule has 0 fully saturated rings. The molecule has 4 aliphatic carbocycles. The van der Waals surface area contributed by atoms with Crippen molar-refractivity contribution < 1.29 is 0 Å². The lowest BCUT2D eigenvalue weighted by molar-refractivity contribution is 0.784. The molecule has 1 aromatic heterocycles. The predicted molar refractivity (Wildman–Crippen MR) is 329 cm³/mol. The first kappa shape index (κ1) is 54.0. The second-order valence-corrected chi connectivity index (χ2v) is 19.2. The molecule has 0 N–H and O–H groups in total. The van der Waals surface area contributed by atoms with Crippen molar-refractivity contribution in [2.75, 3.05) is 0 Å². The first-order valence-electron chi connectivity index (χ1n) is 27.0. The molecule has 0 saturated heterocycles. The van der Waals surface area contributed by atoms with Crippen molar-refractivity contribution in [1.82, 2.24) is 4.57 Å². The minimum atomic E-state index is 0.571. The second kappa shape index (κ2) is 26.3. The van der Waals surface area contributed by atoms with Crippen LogP contribution in [-0.4, -0.2) is 4.57 Å². The van der Waals surface area contributed by atoms with Crippen LogP contribution >= 0.6 is 0 Å². The van der Waals surface area contributed by atoms with Crippen LogP contribution in [0.25, 0.3) is 66.6 Å². The second-order valence-electron chi connectivity index (χ2n) is 19.2. The first-order chi connectivity index (χ1) is 36.1. The van der Waals surface area contributed by atoms with E-state index in [4.69, 9.17) is 0 Å². The largest absolute Gasteiger partial charge is 0.309 e. The number of fused-ring (bicyclic) bond motifs is 6. The number of hydrogen-bond donors (Lipinski definition) is 0. The Morgan fingerprint density at radius 1 is 0.473 bits per heavy atom. The van der Waals surface area contributed by atoms with Gasteiger partial charge >= 0.3 is 0 Å². The Morgan fingerprint density at radius 3 is 1.91 bits per heavy atom. The van der Waals surface area contributed by atoms with Crippen LogP contribution in [0, 0.1) is 40.5 Å². The Balaban J connectivity index is 0.000000160. The lowest BCUT2D eigenvalue weighted by Crippen LogP contribution is -2.06. The molecule has 1 unspecified atom stereocenters. The molecule has 1 heteroatoms. The van der Waals surface area contributed by atoms with Gasteiger partial charge in [-0.3, -0.25) is 0 Å². The van der Waals surface area contributed by atoms with E-state index in [0.29, 0.717) is 5.92 Å². The van der Waals surface area contributed by atoms with Crippen molar-refractivity contribution >= 4 is 49.8 Å². The third-order valence-corrected chi connectivity index (χ3v) is 13.9. The molecule has 0 spiro atoms. The number of hydrogen-bond acceptors (Lipinski definition) is 0. The van der Waals surface area contributed by atoms with Gasteiger partial charge in [0.1, 0.15) is 0 Å². The first-order valence-corrected chi connectivity index (χ1v) is 27.0. The number of aromatic nitrogens is 1. The Labute approximate surface area is 444 Å². The smallest absolute Gasteiger partial charge is 0.0547 e. The van der Waals surface area contributed by atoms with E-state index in [9.17, 15) is 0 Å². The maximum absolute atomic E-state index is 2.42. The third-order valence-electron chi connectivity index (χ3n) is 13.9. The summed E-state index contributed by atoms with van der Waals surface area (Å²) < 4.78 is 2.40. The van der Waals surface area contributed by atoms with E-state index in [0.717, 1.165) is 6.42 Å². The maximum atomic E-state index is 2.42. The minimum absolute atomic E-state index is 0.571. The Hall–Kier alpha value is -7.74. The van der Waals surface area contributed by atoms with Gasteiger partial charge in [0.25, 0.3) is 0 Å². The van der Waals surface area contributed by atoms with Crippen molar-refractivity contribution in [2.45, 2.75) is 95.4 Å². The Morgan fingerprint density at radius 2 is 1.18 bits per heavy atom. The molecule has 74 heavy (non-hydrogen) atoms. The Kier molecular flexibility index (Phi) is 19.2. The predicted octanol–water partition coefficient (Wildman–Crippen LogP) is 21.3. The lowest BCUT2D eigenvalue weighted by atomic mass is 9.82. The summed E-state index contributed by atoms with van der Waals surface area (Å²) in [6, 6.07) is 50.9. The summed E-state index contributed by atoms with van der Waals surface area (Å²) in [6.07, 6.45) is 34.1. The molecule has 12 rings (SSSR count). The number of rotatable bonds is 3. The Bertz CT molecular complexity index is 3490. The molecule has 7 aromatic carbocycles. The molecule has 1 nitrogen and oxygen atoms in total. The number of benzene rings is 7. The van der Waals surface area contributed by atoms with Crippen LogP contribution in [0.5, 0.6) is 0 Å². The van der Waals surface area contributed by atoms with Crippen LogP contribution in [0.3, 0.4) is 0 Å². The standard InChI is InChI=1S/C31H25N.C17H16.C14H14.C7H10.2C2H6/c1-20-13-16-29-27(17-20)28-19-26-23(18-30(28)32(29)24-10-5-4-6-11-24)15-14-22(3)31(26)25-12-8-7-9-21(25)2;1-13-9-11-15(12-10-13)17-8-4-6-14-5-2-3-7-16(14)17;1-11-8-9-14-12(2)6-4-3-5-7-13(14)10-11;1-7-5-3-2-4-6-7;2*1-2/h4-19H,1-3H3;2-5,7-12,14H,6H2,1H3;3-10H,1-2H3;2-3,5H,4,6H2,1H3;2*1-2H3/b;;4-3-,5-3?,6-4?,7-5-,12-6+,13-7?,14-12?;;;. The van der Waals surface area contributed by atoms with Crippen LogP contribution in [0.2, 0.25) is 0 Å². The highest BCUT2D eigenvalue weighted by Gasteiger charge is 2.19. The average molecular weight is 968 g/mol. The molecule has 0 saturated carbocycles. The fourth-order valence-corrected chi connectivity index (χ4v) is 10.0. The number of aryl methyl sites for hydroxylation is 5. The fourth-order valence-electron chi connectivity index (χ4n) is 10.0. The number of allylic oxidation sites excluding steroid dienone is 17. The van der Waals surface area contributed by atoms with Crippen LogP contribution in [0.4, 0.5) is 0 Å². The van der Waals surface area contributed by atoms with E-state index in [1.165, 1.54) is 129 Å². The highest BCUT2D eigenvalue weighted by molar-refractivity contribution is 6.16. The van der Waals surface area contributed by atoms with Gasteiger partial charge in [-0.05, 0) is 171 Å². The van der Waals surface area contributed by atoms with E-state index >= 15 is 0 Å². The highest BCUT2D eigenvalue weighted by Crippen LogP contribution is 2.40. The van der Waals surface area contributed by atoms with Crippen LogP contribution < -0.4 is 0 Å². The van der Waals surface area contributed by atoms with Crippen LogP contribution in [0.1, 0.15) is 105 Å². The van der Waals surface area contributed by atoms with E-state index in [2.05, 4.69) is 278 Å². The van der Waals surface area contributed by atoms with Gasteiger partial charge in [0.15, 0.2) is 0 Å². The van der Waals surface area contributed by atoms with Gasteiger partial charge in [-0.15, -0.1) is 0 Å². The van der Waals surface area contributed by atoms with E-state index in [1.807, 2.05) is 27.7 Å². The van der Waals surface area contributed by atoms with Crippen molar-refractivity contribution in [3.8, 4) is 16.8 Å². The van der Waals surface area contributed by atoms with Crippen LogP contribution in [-0.2, 0) is 0 Å². The van der Waals surface area contributed by atoms with Crippen molar-refractivity contribution in [3.05, 3.63) is 274 Å². The van der Waals surface area contributed by atoms with Gasteiger partial charge in [0.05, 0.1) is 11.0 Å². The molecule has 0 radical (unpaired) electrons. The zero-order chi connectivity index (χ0) is 52.6. The number of nitrogens with zero attached hydrogens (tertiary/aromatic N) is 1. The van der Waals surface area contributed by atoms with Gasteiger partial charge in [0.2, 0.25) is 0 Å². The topological polar surface area (TPSA) is 4.93 Å². The molecule has 374 valence electrons. The summed E-state index contributed by atoms with van der Waals surface area (Å²) in [6.45, 7) is 23.2. The fraction of sp³-hybridized carbons (Fsp3) is 0.205. The number of para-hydroxylation sites is 1. The van der Waals surface area contributed by atoms with Gasteiger partial charge in [-0.1, -0.05) is 238 Å². The van der Waals surface area contributed by atoms with Crippen molar-refractivity contribution in [2.24, 2.45) is 5.92 Å². The minimum Gasteiger partial charge on any atom is -0.309 e. The summed E-state index contributed by atoms with van der Waals surface area (Å²) in [5.41, 5.74) is 22.5. The van der Waals surface area contributed by atoms with Gasteiger partial charge in [-0.2, -0.15) is 0 Å². The molecule has 8 aromatic rings. The molecule has 1 atom stereocenters. The molecule has 0 aliphatic heterocycles. The summed E-state index contributed by atoms with van der Waals surface area (Å²) in [4.78, 5) is 0. The highest BCUT2D eigenvalue weighted by atomic mass is 15.0. The summed E-state index contributed by atoms with van der Waals surface area (Å²) in [5.74, 6) is 0.571. The molecular weight excluding hydrogens is 891 g/mol. The zero-order valence-electron chi connectivity index (χ0n) is 46.0. The van der Waals surface area contributed by atoms with Crippen molar-refractivity contribution in [3.63, 3.8) is 0 Å². The van der Waals surface area contributed by atoms with Gasteiger partial charge < -0.3 is 4.57 Å². The van der Waals surface area contributed by atoms with Crippen molar-refractivity contribution in [1.29, 1.82) is 0 Å². The third kappa shape index (κ3) is 12.9. The summed E-state index contributed by atoms with van der Waals surface area (Å²) in [5, 5.41) is 5.21. The maximum Gasteiger partial charge on any atom is 0.0547 e. The molecule has 0 bridgehead atoms. The SMILES string of the molecule is CC.CC.CC1=CC=CCC1.C\C1=C/C=C\C=C/c2cc(C)ccc21.Cc1ccc(C2=C3C=CC=CC3CC=C2)cc1.Cc1ccc2c(c1)c1cc3c(-c4ccccc4C)c(C)ccc3cc1n2-c1ccccc1. The average Bonchev–Trinajstić information content (AvgIpc) is 3.74. The van der Waals surface area contributed by atoms with E-state index in [1.54, 1.807) is 0 Å².